The van der Waals surface area contributed by atoms with Gasteiger partial charge in [-0.05, 0) is 12.8 Å². The number of rotatable bonds is 4. The van der Waals surface area contributed by atoms with E-state index in [4.69, 9.17) is 0 Å². The summed E-state index contributed by atoms with van der Waals surface area (Å²) in [7, 11) is 0. The molecule has 1 N–H and O–H groups in total. The van der Waals surface area contributed by atoms with E-state index in [-0.39, 0.29) is 30.3 Å². The predicted molar refractivity (Wildman–Crippen MR) is 58.6 cm³/mol. The van der Waals surface area contributed by atoms with Crippen LogP contribution >= 0.6 is 0 Å². The smallest absolute Gasteiger partial charge is 0.242 e. The summed E-state index contributed by atoms with van der Waals surface area (Å²) in [6.45, 7) is 4.13. The monoisotopic (exact) mass is 226 g/mol. The summed E-state index contributed by atoms with van der Waals surface area (Å²) in [5.74, 6) is -0.452. The van der Waals surface area contributed by atoms with Crippen LogP contribution in [0.15, 0.2) is 0 Å². The van der Waals surface area contributed by atoms with Gasteiger partial charge in [-0.3, -0.25) is 9.59 Å². The van der Waals surface area contributed by atoms with Gasteiger partial charge in [-0.25, -0.2) is 0 Å². The first kappa shape index (κ1) is 12.7. The topological polar surface area (TPSA) is 66.5 Å². The van der Waals surface area contributed by atoms with E-state index < -0.39 is 0 Å². The third-order valence-electron chi connectivity index (χ3n) is 2.71. The minimum Gasteiger partial charge on any atom is -0.347 e. The molecule has 1 fully saturated rings. The van der Waals surface area contributed by atoms with Crippen LogP contribution < -0.4 is 5.32 Å². The maximum absolute atomic E-state index is 11.7. The normalized spacial score (nSPS) is 19.9. The molecule has 0 aromatic heterocycles. The molecule has 0 aromatic carbocycles. The Labute approximate surface area is 95.2 Å². The number of hydrogen-bond donors (Lipinski definition) is 1. The van der Waals surface area contributed by atoms with Crippen LogP contribution in [0.25, 0.3) is 0 Å². The summed E-state index contributed by atoms with van der Waals surface area (Å²) in [6.07, 6.45) is 2.38. The number of aldehydes is 1. The van der Waals surface area contributed by atoms with E-state index >= 15 is 0 Å². The molecule has 5 nitrogen and oxygen atoms in total. The minimum atomic E-state index is -0.302. The molecule has 1 aliphatic rings. The first-order chi connectivity index (χ1) is 7.56. The lowest BCUT2D eigenvalue weighted by Gasteiger charge is -2.20. The molecule has 0 spiro atoms. The first-order valence-electron chi connectivity index (χ1n) is 5.58. The standard InChI is InChI=1S/C11H18N2O3/c1-8(2)11(16)12-6-10(15)13-5-3-4-9(13)7-14/h7-9H,3-6H2,1-2H3,(H,12,16). The van der Waals surface area contributed by atoms with Gasteiger partial charge in [-0.15, -0.1) is 0 Å². The van der Waals surface area contributed by atoms with Crippen LogP contribution in [-0.2, 0) is 14.4 Å². The van der Waals surface area contributed by atoms with Gasteiger partial charge in [0.05, 0.1) is 12.6 Å². The number of likely N-dealkylation sites (tertiary alicyclic amines) is 1. The molecule has 16 heavy (non-hydrogen) atoms. The maximum atomic E-state index is 11.7. The van der Waals surface area contributed by atoms with Crippen LogP contribution in [0.4, 0.5) is 0 Å². The number of amides is 2. The quantitative estimate of drug-likeness (QED) is 0.683. The zero-order valence-electron chi connectivity index (χ0n) is 9.73. The van der Waals surface area contributed by atoms with Gasteiger partial charge in [0.1, 0.15) is 6.29 Å². The van der Waals surface area contributed by atoms with E-state index in [2.05, 4.69) is 5.32 Å². The Morgan fingerprint density at radius 2 is 2.19 bits per heavy atom. The molecular weight excluding hydrogens is 208 g/mol. The Kier molecular flexibility index (Phi) is 4.46. The van der Waals surface area contributed by atoms with Crippen LogP contribution in [0.2, 0.25) is 0 Å². The molecule has 1 unspecified atom stereocenters. The second-order valence-electron chi connectivity index (χ2n) is 4.31. The highest BCUT2D eigenvalue weighted by molar-refractivity contribution is 5.87. The van der Waals surface area contributed by atoms with Gasteiger partial charge in [0, 0.05) is 12.5 Å². The summed E-state index contributed by atoms with van der Waals surface area (Å²) < 4.78 is 0. The predicted octanol–water partition coefficient (Wildman–Crippen LogP) is -0.0515. The van der Waals surface area contributed by atoms with Gasteiger partial charge in [-0.1, -0.05) is 13.8 Å². The van der Waals surface area contributed by atoms with Gasteiger partial charge < -0.3 is 15.0 Å². The first-order valence-corrected chi connectivity index (χ1v) is 5.58. The van der Waals surface area contributed by atoms with E-state index in [0.717, 1.165) is 19.1 Å². The molecule has 1 atom stereocenters. The Hall–Kier alpha value is -1.39. The van der Waals surface area contributed by atoms with Crippen molar-refractivity contribution >= 4 is 18.1 Å². The third kappa shape index (κ3) is 3.05. The number of nitrogens with zero attached hydrogens (tertiary/aromatic N) is 1. The number of carbonyl (C=O) groups is 3. The zero-order valence-corrected chi connectivity index (χ0v) is 9.73. The molecule has 1 saturated heterocycles. The van der Waals surface area contributed by atoms with Crippen LogP contribution in [0.1, 0.15) is 26.7 Å². The molecule has 5 heteroatoms. The van der Waals surface area contributed by atoms with Crippen molar-refractivity contribution in [2.45, 2.75) is 32.7 Å². The van der Waals surface area contributed by atoms with E-state index in [1.807, 2.05) is 0 Å². The van der Waals surface area contributed by atoms with Crippen molar-refractivity contribution in [1.29, 1.82) is 0 Å². The molecule has 90 valence electrons. The molecule has 0 aliphatic carbocycles. The zero-order chi connectivity index (χ0) is 12.1. The summed E-state index contributed by atoms with van der Waals surface area (Å²) in [5, 5.41) is 2.56. The Morgan fingerprint density at radius 1 is 1.50 bits per heavy atom. The molecule has 0 radical (unpaired) electrons. The molecular formula is C11H18N2O3. The van der Waals surface area contributed by atoms with Crippen LogP contribution in [0.5, 0.6) is 0 Å². The van der Waals surface area contributed by atoms with Crippen molar-refractivity contribution in [2.75, 3.05) is 13.1 Å². The molecule has 0 saturated carbocycles. The van der Waals surface area contributed by atoms with Gasteiger partial charge >= 0.3 is 0 Å². The van der Waals surface area contributed by atoms with Crippen LogP contribution in [0, 0.1) is 5.92 Å². The van der Waals surface area contributed by atoms with Crippen molar-refractivity contribution in [1.82, 2.24) is 10.2 Å². The highest BCUT2D eigenvalue weighted by Crippen LogP contribution is 2.14. The number of carbonyl (C=O) groups excluding carboxylic acids is 3. The molecule has 1 heterocycles. The summed E-state index contributed by atoms with van der Waals surface area (Å²) >= 11 is 0. The Bertz CT molecular complexity index is 289. The van der Waals surface area contributed by atoms with Gasteiger partial charge in [0.15, 0.2) is 0 Å². The van der Waals surface area contributed by atoms with E-state index in [9.17, 15) is 14.4 Å². The van der Waals surface area contributed by atoms with Crippen molar-refractivity contribution in [3.05, 3.63) is 0 Å². The lowest BCUT2D eigenvalue weighted by atomic mass is 10.2. The van der Waals surface area contributed by atoms with Crippen molar-refractivity contribution < 1.29 is 14.4 Å². The number of hydrogen-bond acceptors (Lipinski definition) is 3. The average Bonchev–Trinajstić information content (AvgIpc) is 2.73. The average molecular weight is 226 g/mol. The molecule has 0 aromatic rings. The molecule has 1 rings (SSSR count). The van der Waals surface area contributed by atoms with E-state index in [1.165, 1.54) is 4.90 Å². The van der Waals surface area contributed by atoms with Gasteiger partial charge in [0.25, 0.3) is 0 Å². The van der Waals surface area contributed by atoms with Crippen molar-refractivity contribution in [3.8, 4) is 0 Å². The van der Waals surface area contributed by atoms with E-state index in [1.54, 1.807) is 13.8 Å². The fraction of sp³-hybridized carbons (Fsp3) is 0.727. The fourth-order valence-corrected chi connectivity index (χ4v) is 1.71. The highest BCUT2D eigenvalue weighted by atomic mass is 16.2. The molecule has 0 bridgehead atoms. The Balaban J connectivity index is 2.40. The lowest BCUT2D eigenvalue weighted by Crippen LogP contribution is -2.43. The molecule has 1 aliphatic heterocycles. The third-order valence-corrected chi connectivity index (χ3v) is 2.71. The second-order valence-corrected chi connectivity index (χ2v) is 4.31. The van der Waals surface area contributed by atoms with Crippen LogP contribution in [-0.4, -0.2) is 42.1 Å². The minimum absolute atomic E-state index is 0.0125. The number of nitrogens with one attached hydrogen (secondary N) is 1. The summed E-state index contributed by atoms with van der Waals surface area (Å²) in [5.41, 5.74) is 0. The Morgan fingerprint density at radius 3 is 2.75 bits per heavy atom. The van der Waals surface area contributed by atoms with Gasteiger partial charge in [-0.2, -0.15) is 0 Å². The maximum Gasteiger partial charge on any atom is 0.242 e. The molecule has 2 amide bonds. The van der Waals surface area contributed by atoms with E-state index in [0.29, 0.717) is 6.54 Å². The highest BCUT2D eigenvalue weighted by Gasteiger charge is 2.28. The SMILES string of the molecule is CC(C)C(=O)NCC(=O)N1CCCC1C=O. The second kappa shape index (κ2) is 5.63. The van der Waals surface area contributed by atoms with Crippen molar-refractivity contribution in [3.63, 3.8) is 0 Å². The fourth-order valence-electron chi connectivity index (χ4n) is 1.71. The van der Waals surface area contributed by atoms with Crippen LogP contribution in [0.3, 0.4) is 0 Å². The van der Waals surface area contributed by atoms with Crippen molar-refractivity contribution in [2.24, 2.45) is 5.92 Å². The summed E-state index contributed by atoms with van der Waals surface area (Å²) in [4.78, 5) is 35.2. The lowest BCUT2D eigenvalue weighted by molar-refractivity contribution is -0.135. The van der Waals surface area contributed by atoms with Gasteiger partial charge in [0.2, 0.25) is 11.8 Å². The summed E-state index contributed by atoms with van der Waals surface area (Å²) in [6, 6.07) is -0.302. The largest absolute Gasteiger partial charge is 0.347 e.